The molecule has 1 saturated heterocycles. The molecule has 1 aromatic carbocycles. The Hall–Kier alpha value is -2.89. The quantitative estimate of drug-likeness (QED) is 0.631. The molecule has 2 heterocycles. The summed E-state index contributed by atoms with van der Waals surface area (Å²) in [4.78, 5) is 32.0. The maximum atomic E-state index is 13.0. The first-order valence-corrected chi connectivity index (χ1v) is 11.4. The number of likely N-dealkylation sites (tertiary alicyclic amines) is 1. The number of piperidine rings is 1. The van der Waals surface area contributed by atoms with Crippen LogP contribution in [0.3, 0.4) is 0 Å². The van der Waals surface area contributed by atoms with Gasteiger partial charge in [0.25, 0.3) is 0 Å². The number of carbonyl (C=O) groups is 2. The van der Waals surface area contributed by atoms with Crippen molar-refractivity contribution in [3.63, 3.8) is 0 Å². The van der Waals surface area contributed by atoms with Gasteiger partial charge in [0, 0.05) is 37.9 Å². The minimum Gasteiger partial charge on any atom is -0.355 e. The normalized spacial score (nSPS) is 18.5. The molecule has 1 aromatic heterocycles. The van der Waals surface area contributed by atoms with Gasteiger partial charge in [0.15, 0.2) is 0 Å². The highest BCUT2D eigenvalue weighted by molar-refractivity contribution is 5.81. The number of hydrogen-bond acceptors (Lipinski definition) is 3. The average Bonchev–Trinajstić information content (AvgIpc) is 2.79. The van der Waals surface area contributed by atoms with Crippen molar-refractivity contribution in [2.75, 3.05) is 19.6 Å². The van der Waals surface area contributed by atoms with Gasteiger partial charge in [-0.1, -0.05) is 49.2 Å². The van der Waals surface area contributed by atoms with E-state index in [9.17, 15) is 9.59 Å². The lowest BCUT2D eigenvalue weighted by molar-refractivity contribution is -0.126. The molecule has 2 atom stereocenters. The van der Waals surface area contributed by atoms with Crippen LogP contribution in [0, 0.1) is 12.8 Å². The summed E-state index contributed by atoms with van der Waals surface area (Å²) in [6.07, 6.45) is 6.00. The number of carbonyl (C=O) groups excluding carboxylic acids is 2. The fraction of sp³-hybridized carbons (Fsp3) is 0.480. The zero-order valence-corrected chi connectivity index (χ0v) is 18.6. The van der Waals surface area contributed by atoms with E-state index in [1.54, 1.807) is 6.20 Å². The number of pyridine rings is 1. The predicted molar refractivity (Wildman–Crippen MR) is 123 cm³/mol. The Labute approximate surface area is 185 Å². The summed E-state index contributed by atoms with van der Waals surface area (Å²) in [5.74, 6) is -0.174. The van der Waals surface area contributed by atoms with Crippen molar-refractivity contribution in [2.45, 2.75) is 52.0 Å². The molecule has 2 aromatic rings. The molecular weight excluding hydrogens is 388 g/mol. The van der Waals surface area contributed by atoms with E-state index in [-0.39, 0.29) is 23.9 Å². The Balaban J connectivity index is 1.63. The van der Waals surface area contributed by atoms with Crippen LogP contribution < -0.4 is 10.6 Å². The average molecular weight is 423 g/mol. The van der Waals surface area contributed by atoms with E-state index in [2.05, 4.69) is 47.7 Å². The Morgan fingerprint density at radius 2 is 1.97 bits per heavy atom. The first-order valence-electron chi connectivity index (χ1n) is 11.4. The van der Waals surface area contributed by atoms with Crippen molar-refractivity contribution >= 4 is 11.9 Å². The number of aromatic nitrogens is 1. The molecule has 166 valence electrons. The van der Waals surface area contributed by atoms with E-state index in [0.717, 1.165) is 36.9 Å². The summed E-state index contributed by atoms with van der Waals surface area (Å²) >= 11 is 0. The number of amides is 3. The van der Waals surface area contributed by atoms with Crippen molar-refractivity contribution in [1.82, 2.24) is 20.5 Å². The van der Waals surface area contributed by atoms with Gasteiger partial charge in [0.1, 0.15) is 0 Å². The second kappa shape index (κ2) is 11.5. The number of hydrogen-bond donors (Lipinski definition) is 2. The molecule has 1 aliphatic heterocycles. The molecule has 6 heteroatoms. The number of unbranched alkanes of at least 4 members (excludes halogenated alkanes) is 1. The Morgan fingerprint density at radius 1 is 1.10 bits per heavy atom. The lowest BCUT2D eigenvalue weighted by Crippen LogP contribution is -2.50. The van der Waals surface area contributed by atoms with Gasteiger partial charge in [-0.2, -0.15) is 0 Å². The van der Waals surface area contributed by atoms with Crippen LogP contribution in [0.4, 0.5) is 4.79 Å². The molecule has 0 bridgehead atoms. The van der Waals surface area contributed by atoms with Crippen LogP contribution in [-0.2, 0) is 11.2 Å². The van der Waals surface area contributed by atoms with Crippen LogP contribution in [0.1, 0.15) is 55.5 Å². The summed E-state index contributed by atoms with van der Waals surface area (Å²) in [5, 5.41) is 6.08. The summed E-state index contributed by atoms with van der Waals surface area (Å²) < 4.78 is 0. The first kappa shape index (κ1) is 22.8. The van der Waals surface area contributed by atoms with Gasteiger partial charge in [-0.25, -0.2) is 4.79 Å². The minimum atomic E-state index is -0.193. The van der Waals surface area contributed by atoms with Crippen LogP contribution in [0.25, 0.3) is 0 Å². The van der Waals surface area contributed by atoms with Crippen molar-refractivity contribution in [3.05, 3.63) is 65.5 Å². The number of urea groups is 1. The molecule has 2 unspecified atom stereocenters. The smallest absolute Gasteiger partial charge is 0.317 e. The number of nitrogens with one attached hydrogen (secondary N) is 2. The molecule has 1 fully saturated rings. The van der Waals surface area contributed by atoms with E-state index in [1.165, 1.54) is 5.56 Å². The van der Waals surface area contributed by atoms with E-state index < -0.39 is 0 Å². The predicted octanol–water partition coefficient (Wildman–Crippen LogP) is 4.01. The largest absolute Gasteiger partial charge is 0.355 e. The van der Waals surface area contributed by atoms with Crippen LogP contribution in [-0.4, -0.2) is 41.5 Å². The molecule has 0 spiro atoms. The van der Waals surface area contributed by atoms with Crippen molar-refractivity contribution in [3.8, 4) is 0 Å². The highest BCUT2D eigenvalue weighted by Gasteiger charge is 2.35. The summed E-state index contributed by atoms with van der Waals surface area (Å²) in [5.41, 5.74) is 3.28. The number of aryl methyl sites for hydroxylation is 1. The molecule has 0 saturated carbocycles. The maximum Gasteiger partial charge on any atom is 0.317 e. The van der Waals surface area contributed by atoms with Crippen molar-refractivity contribution in [1.29, 1.82) is 0 Å². The topological polar surface area (TPSA) is 74.3 Å². The van der Waals surface area contributed by atoms with Crippen LogP contribution in [0.2, 0.25) is 0 Å². The van der Waals surface area contributed by atoms with E-state index in [0.29, 0.717) is 26.1 Å². The van der Waals surface area contributed by atoms with Gasteiger partial charge in [0.2, 0.25) is 5.91 Å². The standard InChI is InChI=1S/C25H34N4O2/c1-3-4-14-28-25(31)29-18-21(11-12-23(29)20-9-7-8-19(2)17-20)24(30)27-16-13-22-10-5-6-15-26-22/h5-10,15,17,21,23H,3-4,11-14,16,18H2,1-2H3,(H,27,30)(H,28,31). The molecule has 0 aliphatic carbocycles. The molecule has 1 aliphatic rings. The van der Waals surface area contributed by atoms with Gasteiger partial charge in [0.05, 0.1) is 12.0 Å². The summed E-state index contributed by atoms with van der Waals surface area (Å²) in [7, 11) is 0. The monoisotopic (exact) mass is 422 g/mol. The fourth-order valence-corrected chi connectivity index (χ4v) is 4.11. The molecule has 3 amide bonds. The number of benzene rings is 1. The van der Waals surface area contributed by atoms with E-state index in [1.807, 2.05) is 29.2 Å². The minimum absolute atomic E-state index is 0.000838. The van der Waals surface area contributed by atoms with Crippen LogP contribution >= 0.6 is 0 Å². The number of rotatable bonds is 8. The van der Waals surface area contributed by atoms with Crippen LogP contribution in [0.15, 0.2) is 48.7 Å². The molecular formula is C25H34N4O2. The zero-order valence-electron chi connectivity index (χ0n) is 18.6. The SMILES string of the molecule is CCCCNC(=O)N1CC(C(=O)NCCc2ccccn2)CCC1c1cccc(C)c1. The van der Waals surface area contributed by atoms with Crippen molar-refractivity contribution in [2.24, 2.45) is 5.92 Å². The van der Waals surface area contributed by atoms with Gasteiger partial charge in [-0.05, 0) is 43.9 Å². The zero-order chi connectivity index (χ0) is 22.1. The Kier molecular flexibility index (Phi) is 8.44. The Morgan fingerprint density at radius 3 is 2.71 bits per heavy atom. The molecule has 31 heavy (non-hydrogen) atoms. The second-order valence-electron chi connectivity index (χ2n) is 8.30. The van der Waals surface area contributed by atoms with E-state index in [4.69, 9.17) is 0 Å². The van der Waals surface area contributed by atoms with E-state index >= 15 is 0 Å². The van der Waals surface area contributed by atoms with Crippen molar-refractivity contribution < 1.29 is 9.59 Å². The highest BCUT2D eigenvalue weighted by atomic mass is 16.2. The third-order valence-corrected chi connectivity index (χ3v) is 5.85. The second-order valence-corrected chi connectivity index (χ2v) is 8.30. The lowest BCUT2D eigenvalue weighted by Gasteiger charge is -2.39. The van der Waals surface area contributed by atoms with Gasteiger partial charge in [-0.3, -0.25) is 9.78 Å². The molecule has 2 N–H and O–H groups in total. The highest BCUT2D eigenvalue weighted by Crippen LogP contribution is 2.34. The van der Waals surface area contributed by atoms with Gasteiger partial charge < -0.3 is 15.5 Å². The van der Waals surface area contributed by atoms with Gasteiger partial charge in [-0.15, -0.1) is 0 Å². The molecule has 6 nitrogen and oxygen atoms in total. The van der Waals surface area contributed by atoms with Gasteiger partial charge >= 0.3 is 6.03 Å². The third kappa shape index (κ3) is 6.54. The fourth-order valence-electron chi connectivity index (χ4n) is 4.11. The Bertz CT molecular complexity index is 856. The third-order valence-electron chi connectivity index (χ3n) is 5.85. The summed E-state index contributed by atoms with van der Waals surface area (Å²) in [6.45, 7) is 5.82. The molecule has 0 radical (unpaired) electrons. The maximum absolute atomic E-state index is 13.0. The molecule has 3 rings (SSSR count). The first-order chi connectivity index (χ1) is 15.1. The summed E-state index contributed by atoms with van der Waals surface area (Å²) in [6, 6.07) is 14.0. The van der Waals surface area contributed by atoms with Crippen LogP contribution in [0.5, 0.6) is 0 Å². The number of nitrogens with zero attached hydrogens (tertiary/aromatic N) is 2. The lowest BCUT2D eigenvalue weighted by atomic mass is 9.88.